The molecular weight excluding hydrogens is 610 g/mol. The summed E-state index contributed by atoms with van der Waals surface area (Å²) in [4.78, 5) is 36.6. The molecule has 0 atom stereocenters. The van der Waals surface area contributed by atoms with Gasteiger partial charge in [-0.15, -0.1) is 0 Å². The van der Waals surface area contributed by atoms with Crippen LogP contribution in [-0.4, -0.2) is 168 Å². The maximum Gasteiger partial charge on any atom is 0.331 e. The van der Waals surface area contributed by atoms with Gasteiger partial charge in [0, 0.05) is 0 Å². The molecule has 1 aliphatic heterocycles. The average Bonchev–Trinajstić information content (AvgIpc) is 3.31. The van der Waals surface area contributed by atoms with Gasteiger partial charge in [-0.3, -0.25) is 14.5 Å². The molecule has 0 radical (unpaired) electrons. The van der Waals surface area contributed by atoms with E-state index < -0.39 is 5.97 Å². The standard InChI is InChI=1S/C31H49NO14/c1-36-29(33)26-46-25-24-45-23-22-44-21-20-43-19-18-42-17-16-41-15-14-40-13-12-39-11-10-38-9-8-37-7-6-32-30(34)27-4-2-3-5-28(27)31(32)35/h2-5H,6-26H2,1H3. The molecule has 0 unspecified atom stereocenters. The van der Waals surface area contributed by atoms with Gasteiger partial charge in [-0.05, 0) is 12.1 Å². The Balaban J connectivity index is 1.19. The van der Waals surface area contributed by atoms with Crippen LogP contribution in [0.5, 0.6) is 0 Å². The third-order valence-corrected chi connectivity index (χ3v) is 6.13. The summed E-state index contributed by atoms with van der Waals surface area (Å²) < 4.78 is 58.4. The van der Waals surface area contributed by atoms with Gasteiger partial charge in [-0.1, -0.05) is 12.1 Å². The first-order valence-electron chi connectivity index (χ1n) is 15.4. The molecule has 0 N–H and O–H groups in total. The highest BCUT2D eigenvalue weighted by atomic mass is 16.6. The second-order valence-corrected chi connectivity index (χ2v) is 9.45. The molecule has 1 aliphatic rings. The largest absolute Gasteiger partial charge is 0.467 e. The van der Waals surface area contributed by atoms with Gasteiger partial charge in [0.05, 0.1) is 150 Å². The van der Waals surface area contributed by atoms with Crippen molar-refractivity contribution in [2.24, 2.45) is 0 Å². The lowest BCUT2D eigenvalue weighted by Crippen LogP contribution is -2.33. The van der Waals surface area contributed by atoms with Crippen molar-refractivity contribution in [3.63, 3.8) is 0 Å². The highest BCUT2D eigenvalue weighted by Gasteiger charge is 2.34. The number of carbonyl (C=O) groups is 3. The van der Waals surface area contributed by atoms with Crippen molar-refractivity contribution in [2.75, 3.05) is 146 Å². The predicted octanol–water partition coefficient (Wildman–Crippen LogP) is 0.622. The maximum absolute atomic E-state index is 12.3. The zero-order valence-corrected chi connectivity index (χ0v) is 26.8. The van der Waals surface area contributed by atoms with E-state index in [2.05, 4.69) is 4.74 Å². The normalized spacial score (nSPS) is 12.7. The van der Waals surface area contributed by atoms with Gasteiger partial charge in [0.15, 0.2) is 0 Å². The van der Waals surface area contributed by atoms with Crippen LogP contribution in [0.2, 0.25) is 0 Å². The van der Waals surface area contributed by atoms with E-state index in [9.17, 15) is 14.4 Å². The molecule has 46 heavy (non-hydrogen) atoms. The van der Waals surface area contributed by atoms with Crippen molar-refractivity contribution in [3.05, 3.63) is 35.4 Å². The van der Waals surface area contributed by atoms with Crippen LogP contribution in [0.4, 0.5) is 0 Å². The van der Waals surface area contributed by atoms with E-state index in [1.807, 2.05) is 0 Å². The summed E-state index contributed by atoms with van der Waals surface area (Å²) in [5.74, 6) is -0.977. The van der Waals surface area contributed by atoms with E-state index in [0.717, 1.165) is 0 Å². The van der Waals surface area contributed by atoms with Crippen LogP contribution in [0.25, 0.3) is 0 Å². The predicted molar refractivity (Wildman–Crippen MR) is 162 cm³/mol. The summed E-state index contributed by atoms with van der Waals surface area (Å²) in [6.07, 6.45) is 0. The topological polar surface area (TPSA) is 156 Å². The number of benzene rings is 1. The van der Waals surface area contributed by atoms with Crippen LogP contribution in [0.1, 0.15) is 20.7 Å². The van der Waals surface area contributed by atoms with Crippen molar-refractivity contribution in [1.29, 1.82) is 0 Å². The number of nitrogens with zero attached hydrogens (tertiary/aromatic N) is 1. The van der Waals surface area contributed by atoms with Crippen molar-refractivity contribution >= 4 is 17.8 Å². The van der Waals surface area contributed by atoms with Crippen molar-refractivity contribution in [1.82, 2.24) is 4.90 Å². The summed E-state index contributed by atoms with van der Waals surface area (Å²) in [6.45, 7) is 8.28. The third-order valence-electron chi connectivity index (χ3n) is 6.13. The van der Waals surface area contributed by atoms with Crippen molar-refractivity contribution in [3.8, 4) is 0 Å². The quantitative estimate of drug-likeness (QED) is 0.0603. The van der Waals surface area contributed by atoms with Gasteiger partial charge in [0.1, 0.15) is 6.61 Å². The zero-order valence-electron chi connectivity index (χ0n) is 26.8. The molecule has 0 fully saturated rings. The monoisotopic (exact) mass is 659 g/mol. The minimum absolute atomic E-state index is 0.0775. The Hall–Kier alpha value is -2.57. The van der Waals surface area contributed by atoms with Crippen molar-refractivity contribution < 1.29 is 66.5 Å². The average molecular weight is 660 g/mol. The molecular formula is C31H49NO14. The molecule has 2 rings (SSSR count). The summed E-state index contributed by atoms with van der Waals surface area (Å²) in [5.41, 5.74) is 0.876. The number of imide groups is 1. The molecule has 2 amide bonds. The molecule has 0 aromatic heterocycles. The number of carbonyl (C=O) groups excluding carboxylic acids is 3. The summed E-state index contributed by atoms with van der Waals surface area (Å²) in [7, 11) is 1.31. The van der Waals surface area contributed by atoms with Crippen LogP contribution in [0.15, 0.2) is 24.3 Å². The molecule has 262 valence electrons. The molecule has 0 aliphatic carbocycles. The number of ether oxygens (including phenoxy) is 11. The van der Waals surface area contributed by atoms with E-state index in [0.29, 0.717) is 130 Å². The summed E-state index contributed by atoms with van der Waals surface area (Å²) >= 11 is 0. The molecule has 0 saturated carbocycles. The second-order valence-electron chi connectivity index (χ2n) is 9.45. The lowest BCUT2D eigenvalue weighted by atomic mass is 10.1. The first-order chi connectivity index (χ1) is 22.6. The van der Waals surface area contributed by atoms with Crippen LogP contribution in [0, 0.1) is 0 Å². The van der Waals surface area contributed by atoms with Gasteiger partial charge < -0.3 is 52.1 Å². The molecule has 15 nitrogen and oxygen atoms in total. The molecule has 0 saturated heterocycles. The number of amides is 2. The van der Waals surface area contributed by atoms with Gasteiger partial charge in [0.2, 0.25) is 0 Å². The Morgan fingerprint density at radius 3 is 1.07 bits per heavy atom. The van der Waals surface area contributed by atoms with Crippen LogP contribution >= 0.6 is 0 Å². The number of esters is 1. The number of hydrogen-bond donors (Lipinski definition) is 0. The third kappa shape index (κ3) is 18.5. The Morgan fingerprint density at radius 1 is 0.478 bits per heavy atom. The SMILES string of the molecule is COC(=O)COCCOCCOCCOCCOCCOCCOCCOCCOCCOCCN1C(=O)c2ccccc2C1=O. The molecule has 1 aromatic carbocycles. The smallest absolute Gasteiger partial charge is 0.331 e. The van der Waals surface area contributed by atoms with Gasteiger partial charge in [0.25, 0.3) is 11.8 Å². The Labute approximate surface area is 270 Å². The van der Waals surface area contributed by atoms with Crippen LogP contribution < -0.4 is 0 Å². The summed E-state index contributed by atoms with van der Waals surface area (Å²) in [6, 6.07) is 6.80. The fourth-order valence-corrected chi connectivity index (χ4v) is 3.79. The summed E-state index contributed by atoms with van der Waals surface area (Å²) in [5, 5.41) is 0. The van der Waals surface area contributed by atoms with Gasteiger partial charge in [-0.25, -0.2) is 4.79 Å². The van der Waals surface area contributed by atoms with E-state index in [-0.39, 0.29) is 31.6 Å². The maximum atomic E-state index is 12.3. The minimum Gasteiger partial charge on any atom is -0.467 e. The number of hydrogen-bond acceptors (Lipinski definition) is 14. The van der Waals surface area contributed by atoms with E-state index in [4.69, 9.17) is 47.4 Å². The fraction of sp³-hybridized carbons (Fsp3) is 0.710. The highest BCUT2D eigenvalue weighted by Crippen LogP contribution is 2.21. The van der Waals surface area contributed by atoms with Crippen LogP contribution in [-0.2, 0) is 56.9 Å². The first kappa shape index (κ1) is 39.6. The van der Waals surface area contributed by atoms with Crippen LogP contribution in [0.3, 0.4) is 0 Å². The van der Waals surface area contributed by atoms with Gasteiger partial charge >= 0.3 is 5.97 Å². The van der Waals surface area contributed by atoms with Gasteiger partial charge in [-0.2, -0.15) is 0 Å². The second kappa shape index (κ2) is 27.5. The number of fused-ring (bicyclic) bond motifs is 1. The molecule has 1 heterocycles. The number of rotatable bonds is 32. The molecule has 15 heteroatoms. The lowest BCUT2D eigenvalue weighted by Gasteiger charge is -2.13. The minimum atomic E-state index is -0.414. The zero-order chi connectivity index (χ0) is 32.9. The first-order valence-corrected chi connectivity index (χ1v) is 15.4. The molecule has 0 spiro atoms. The fourth-order valence-electron chi connectivity index (χ4n) is 3.79. The van der Waals surface area contributed by atoms with Crippen molar-refractivity contribution in [2.45, 2.75) is 0 Å². The Morgan fingerprint density at radius 2 is 0.761 bits per heavy atom. The number of methoxy groups -OCH3 is 1. The van der Waals surface area contributed by atoms with E-state index in [1.54, 1.807) is 24.3 Å². The Bertz CT molecular complexity index is 915. The molecule has 0 bridgehead atoms. The Kier molecular flexibility index (Phi) is 23.7. The highest BCUT2D eigenvalue weighted by molar-refractivity contribution is 6.21. The lowest BCUT2D eigenvalue weighted by molar-refractivity contribution is -0.146. The molecule has 1 aromatic rings. The van der Waals surface area contributed by atoms with E-state index >= 15 is 0 Å². The van der Waals surface area contributed by atoms with E-state index in [1.165, 1.54) is 12.0 Å².